The average Bonchev–Trinajstić information content (AvgIpc) is 3.32. The van der Waals surface area contributed by atoms with Crippen LogP contribution in [0, 0.1) is 13.8 Å². The largest absolute Gasteiger partial charge is 0.495 e. The van der Waals surface area contributed by atoms with Gasteiger partial charge in [0.25, 0.3) is 5.91 Å². The monoisotopic (exact) mass is 469 g/mol. The van der Waals surface area contributed by atoms with E-state index in [2.05, 4.69) is 64.6 Å². The molecule has 1 amide bonds. The Bertz CT molecular complexity index is 1390. The van der Waals surface area contributed by atoms with E-state index in [0.29, 0.717) is 4.91 Å². The molecule has 0 spiro atoms. The summed E-state index contributed by atoms with van der Waals surface area (Å²) in [6, 6.07) is 24.8. The molecule has 2 N–H and O–H groups in total. The van der Waals surface area contributed by atoms with E-state index in [0.717, 1.165) is 40.2 Å². The summed E-state index contributed by atoms with van der Waals surface area (Å²) in [4.78, 5) is 13.6. The summed E-state index contributed by atoms with van der Waals surface area (Å²) in [5.41, 5.74) is 6.34. The molecule has 0 aliphatic carbocycles. The highest BCUT2D eigenvalue weighted by atomic mass is 32.2. The normalized spacial score (nSPS) is 16.7. The molecule has 1 aliphatic rings. The molecule has 172 valence electrons. The molecule has 6 heteroatoms. The minimum atomic E-state index is -0.271. The summed E-state index contributed by atoms with van der Waals surface area (Å²) < 4.78 is 7.79. The Labute approximate surface area is 203 Å². The first-order valence-corrected chi connectivity index (χ1v) is 12.1. The Hall–Kier alpha value is -3.64. The first-order chi connectivity index (χ1) is 16.5. The SMILES string of the molecule is COc1ccc(C)cc1NC1NC(=O)/C(=C/c2c(C)n(Cc3ccccc3)c3ccccc23)S1. The van der Waals surface area contributed by atoms with Crippen molar-refractivity contribution in [2.24, 2.45) is 0 Å². The van der Waals surface area contributed by atoms with Crippen molar-refractivity contribution in [1.29, 1.82) is 0 Å². The van der Waals surface area contributed by atoms with Crippen LogP contribution in [0.25, 0.3) is 17.0 Å². The van der Waals surface area contributed by atoms with Gasteiger partial charge in [0.05, 0.1) is 17.7 Å². The molecule has 0 bridgehead atoms. The molecule has 1 unspecified atom stereocenters. The second kappa shape index (κ2) is 9.31. The highest BCUT2D eigenvalue weighted by Crippen LogP contribution is 2.36. The fourth-order valence-corrected chi connectivity index (χ4v) is 5.34. The number of hydrogen-bond donors (Lipinski definition) is 2. The van der Waals surface area contributed by atoms with Crippen LogP contribution in [0.15, 0.2) is 77.7 Å². The fraction of sp³-hybridized carbons (Fsp3) is 0.179. The van der Waals surface area contributed by atoms with Crippen molar-refractivity contribution in [1.82, 2.24) is 9.88 Å². The van der Waals surface area contributed by atoms with Crippen LogP contribution < -0.4 is 15.4 Å². The van der Waals surface area contributed by atoms with Crippen molar-refractivity contribution in [3.05, 3.63) is 100 Å². The lowest BCUT2D eigenvalue weighted by molar-refractivity contribution is -0.116. The van der Waals surface area contributed by atoms with Crippen LogP contribution in [-0.2, 0) is 11.3 Å². The molecule has 34 heavy (non-hydrogen) atoms. The van der Waals surface area contributed by atoms with E-state index >= 15 is 0 Å². The maximum Gasteiger partial charge on any atom is 0.260 e. The lowest BCUT2D eigenvalue weighted by Crippen LogP contribution is -2.31. The van der Waals surface area contributed by atoms with Gasteiger partial charge in [0, 0.05) is 28.7 Å². The summed E-state index contributed by atoms with van der Waals surface area (Å²) in [7, 11) is 1.65. The molecule has 1 fully saturated rings. The van der Waals surface area contributed by atoms with E-state index in [-0.39, 0.29) is 11.4 Å². The van der Waals surface area contributed by atoms with Gasteiger partial charge in [-0.1, -0.05) is 66.4 Å². The molecule has 0 saturated carbocycles. The van der Waals surface area contributed by atoms with Gasteiger partial charge < -0.3 is 19.9 Å². The maximum atomic E-state index is 12.9. The molecule has 1 aliphatic heterocycles. The predicted molar refractivity (Wildman–Crippen MR) is 141 cm³/mol. The van der Waals surface area contributed by atoms with Crippen molar-refractivity contribution in [2.75, 3.05) is 12.4 Å². The maximum absolute atomic E-state index is 12.9. The van der Waals surface area contributed by atoms with Crippen molar-refractivity contribution >= 4 is 40.3 Å². The smallest absolute Gasteiger partial charge is 0.260 e. The molecule has 1 atom stereocenters. The lowest BCUT2D eigenvalue weighted by atomic mass is 10.1. The molecule has 3 aromatic carbocycles. The van der Waals surface area contributed by atoms with Crippen molar-refractivity contribution < 1.29 is 9.53 Å². The number of amides is 1. The zero-order valence-corrected chi connectivity index (χ0v) is 20.3. The number of carbonyl (C=O) groups excluding carboxylic acids is 1. The number of aromatic nitrogens is 1. The van der Waals surface area contributed by atoms with Crippen LogP contribution in [0.2, 0.25) is 0 Å². The van der Waals surface area contributed by atoms with E-state index in [1.54, 1.807) is 7.11 Å². The van der Waals surface area contributed by atoms with Gasteiger partial charge in [0.2, 0.25) is 0 Å². The third-order valence-corrected chi connectivity index (χ3v) is 7.14. The van der Waals surface area contributed by atoms with E-state index in [1.807, 2.05) is 43.3 Å². The summed E-state index contributed by atoms with van der Waals surface area (Å²) >= 11 is 1.49. The van der Waals surface area contributed by atoms with Gasteiger partial charge in [0.15, 0.2) is 5.50 Å². The Kier molecular flexibility index (Phi) is 6.07. The van der Waals surface area contributed by atoms with Crippen molar-refractivity contribution in [2.45, 2.75) is 25.9 Å². The van der Waals surface area contributed by atoms with Gasteiger partial charge in [0.1, 0.15) is 5.75 Å². The van der Waals surface area contributed by atoms with Gasteiger partial charge in [-0.25, -0.2) is 0 Å². The number of thioether (sulfide) groups is 1. The van der Waals surface area contributed by atoms with Gasteiger partial charge in [-0.2, -0.15) is 0 Å². The number of hydrogen-bond acceptors (Lipinski definition) is 4. The molecule has 5 rings (SSSR count). The first kappa shape index (κ1) is 22.2. The second-order valence-electron chi connectivity index (χ2n) is 8.42. The van der Waals surface area contributed by atoms with E-state index in [4.69, 9.17) is 4.74 Å². The molecule has 2 heterocycles. The second-order valence-corrected chi connectivity index (χ2v) is 9.56. The zero-order chi connectivity index (χ0) is 23.7. The van der Waals surface area contributed by atoms with E-state index in [9.17, 15) is 4.79 Å². The van der Waals surface area contributed by atoms with E-state index < -0.39 is 0 Å². The molecular formula is C28H27N3O2S. The van der Waals surface area contributed by atoms with Gasteiger partial charge in [-0.15, -0.1) is 0 Å². The highest BCUT2D eigenvalue weighted by Gasteiger charge is 2.28. The number of aryl methyl sites for hydroxylation is 1. The molecule has 5 nitrogen and oxygen atoms in total. The van der Waals surface area contributed by atoms with Crippen LogP contribution in [0.4, 0.5) is 5.69 Å². The topological polar surface area (TPSA) is 55.3 Å². The minimum Gasteiger partial charge on any atom is -0.495 e. The minimum absolute atomic E-state index is 0.0755. The zero-order valence-electron chi connectivity index (χ0n) is 19.5. The van der Waals surface area contributed by atoms with Crippen molar-refractivity contribution in [3.8, 4) is 5.75 Å². The Balaban J connectivity index is 1.46. The van der Waals surface area contributed by atoms with Gasteiger partial charge in [-0.05, 0) is 49.2 Å². The van der Waals surface area contributed by atoms with Crippen LogP contribution >= 0.6 is 11.8 Å². The molecule has 1 saturated heterocycles. The van der Waals surface area contributed by atoms with E-state index in [1.165, 1.54) is 22.8 Å². The number of carbonyl (C=O) groups is 1. The number of para-hydroxylation sites is 1. The van der Waals surface area contributed by atoms with Crippen molar-refractivity contribution in [3.63, 3.8) is 0 Å². The molecule has 1 aromatic heterocycles. The number of rotatable bonds is 6. The third kappa shape index (κ3) is 4.29. The summed E-state index contributed by atoms with van der Waals surface area (Å²) in [5, 5.41) is 7.58. The average molecular weight is 470 g/mol. The number of methoxy groups -OCH3 is 1. The Morgan fingerprint density at radius 1 is 1.06 bits per heavy atom. The Morgan fingerprint density at radius 3 is 2.62 bits per heavy atom. The number of nitrogens with zero attached hydrogens (tertiary/aromatic N) is 1. The van der Waals surface area contributed by atoms with Crippen LogP contribution in [0.1, 0.15) is 22.4 Å². The Morgan fingerprint density at radius 2 is 1.82 bits per heavy atom. The van der Waals surface area contributed by atoms with Crippen LogP contribution in [0.5, 0.6) is 5.75 Å². The van der Waals surface area contributed by atoms with Crippen LogP contribution in [0.3, 0.4) is 0 Å². The number of ether oxygens (including phenoxy) is 1. The van der Waals surface area contributed by atoms with Crippen LogP contribution in [-0.4, -0.2) is 23.1 Å². The molecule has 4 aromatic rings. The summed E-state index contributed by atoms with van der Waals surface area (Å²) in [5.74, 6) is 0.672. The first-order valence-electron chi connectivity index (χ1n) is 11.3. The number of nitrogens with one attached hydrogen (secondary N) is 2. The number of benzene rings is 3. The van der Waals surface area contributed by atoms with Gasteiger partial charge >= 0.3 is 0 Å². The number of anilines is 1. The highest BCUT2D eigenvalue weighted by molar-refractivity contribution is 8.05. The lowest BCUT2D eigenvalue weighted by Gasteiger charge is -2.16. The number of fused-ring (bicyclic) bond motifs is 1. The fourth-order valence-electron chi connectivity index (χ4n) is 4.38. The predicted octanol–water partition coefficient (Wildman–Crippen LogP) is 5.91. The molecule has 0 radical (unpaired) electrons. The quantitative estimate of drug-likeness (QED) is 0.345. The summed E-state index contributed by atoms with van der Waals surface area (Å²) in [6.07, 6.45) is 2.02. The third-order valence-electron chi connectivity index (χ3n) is 6.11. The van der Waals surface area contributed by atoms with Gasteiger partial charge in [-0.3, -0.25) is 4.79 Å². The summed E-state index contributed by atoms with van der Waals surface area (Å²) in [6.45, 7) is 4.94. The standard InChI is InChI=1S/C28H27N3O2S/c1-18-13-14-25(33-3)23(15-18)29-28-30-27(32)26(34-28)16-22-19(2)31(17-20-9-5-4-6-10-20)24-12-8-7-11-21(22)24/h4-16,28-29H,17H2,1-3H3,(H,30,32)/b26-16-. The molecular weight excluding hydrogens is 442 g/mol.